The van der Waals surface area contributed by atoms with E-state index in [0.29, 0.717) is 18.4 Å². The lowest BCUT2D eigenvalue weighted by molar-refractivity contribution is 0.348. The molecule has 0 N–H and O–H groups in total. The third-order valence-corrected chi connectivity index (χ3v) is 2.37. The molecule has 2 aromatic rings. The second-order valence-corrected chi connectivity index (χ2v) is 3.45. The van der Waals surface area contributed by atoms with Crippen LogP contribution in [0.5, 0.6) is 0 Å². The molecule has 1 aromatic heterocycles. The van der Waals surface area contributed by atoms with Crippen LogP contribution in [0.15, 0.2) is 46.1 Å². The zero-order valence-electron chi connectivity index (χ0n) is 8.59. The molecular weight excluding hydrogens is 204 g/mol. The molecule has 2 heterocycles. The standard InChI is InChI=1S/C12H10N2O2/c1-2-9(11-13-4-6-15-11)8-10(3-1)12-14-5-7-16-12/h1-4,6,8H,5,7H2. The highest BCUT2D eigenvalue weighted by Gasteiger charge is 2.11. The molecule has 1 aliphatic rings. The van der Waals surface area contributed by atoms with Crippen LogP contribution in [0, 0.1) is 0 Å². The number of rotatable bonds is 2. The maximum atomic E-state index is 5.41. The van der Waals surface area contributed by atoms with Gasteiger partial charge in [-0.1, -0.05) is 6.07 Å². The number of hydrogen-bond donors (Lipinski definition) is 0. The first-order valence-corrected chi connectivity index (χ1v) is 5.11. The Morgan fingerprint density at radius 3 is 2.88 bits per heavy atom. The summed E-state index contributed by atoms with van der Waals surface area (Å²) in [5.74, 6) is 1.31. The Bertz CT molecular complexity index is 518. The van der Waals surface area contributed by atoms with E-state index in [0.717, 1.165) is 17.7 Å². The molecule has 0 atom stereocenters. The first-order chi connectivity index (χ1) is 7.93. The van der Waals surface area contributed by atoms with E-state index in [1.165, 1.54) is 0 Å². The van der Waals surface area contributed by atoms with Crippen LogP contribution in [-0.2, 0) is 4.74 Å². The van der Waals surface area contributed by atoms with Gasteiger partial charge in [0.2, 0.25) is 11.8 Å². The number of nitrogens with zero attached hydrogens (tertiary/aromatic N) is 2. The van der Waals surface area contributed by atoms with Crippen molar-refractivity contribution in [2.75, 3.05) is 13.2 Å². The van der Waals surface area contributed by atoms with Crippen molar-refractivity contribution in [2.24, 2.45) is 4.99 Å². The average Bonchev–Trinajstić information content (AvgIpc) is 3.03. The Morgan fingerprint density at radius 1 is 1.19 bits per heavy atom. The van der Waals surface area contributed by atoms with Gasteiger partial charge in [0.15, 0.2) is 0 Å². The van der Waals surface area contributed by atoms with Crippen molar-refractivity contribution in [1.29, 1.82) is 0 Å². The van der Waals surface area contributed by atoms with Crippen molar-refractivity contribution >= 4 is 5.90 Å². The number of oxazole rings is 1. The summed E-state index contributed by atoms with van der Waals surface area (Å²) in [5.41, 5.74) is 1.90. The number of hydrogen-bond acceptors (Lipinski definition) is 4. The highest BCUT2D eigenvalue weighted by molar-refractivity contribution is 5.95. The van der Waals surface area contributed by atoms with E-state index in [1.807, 2.05) is 24.3 Å². The highest BCUT2D eigenvalue weighted by Crippen LogP contribution is 2.19. The minimum absolute atomic E-state index is 0.612. The van der Waals surface area contributed by atoms with Crippen molar-refractivity contribution in [3.8, 4) is 11.5 Å². The highest BCUT2D eigenvalue weighted by atomic mass is 16.5. The largest absolute Gasteiger partial charge is 0.476 e. The van der Waals surface area contributed by atoms with Crippen LogP contribution >= 0.6 is 0 Å². The van der Waals surface area contributed by atoms with Gasteiger partial charge in [-0.2, -0.15) is 0 Å². The lowest BCUT2D eigenvalue weighted by atomic mass is 10.1. The smallest absolute Gasteiger partial charge is 0.225 e. The fourth-order valence-electron chi connectivity index (χ4n) is 1.66. The quantitative estimate of drug-likeness (QED) is 0.769. The number of ether oxygens (including phenoxy) is 1. The van der Waals surface area contributed by atoms with E-state index in [4.69, 9.17) is 9.15 Å². The van der Waals surface area contributed by atoms with Crippen LogP contribution in [0.2, 0.25) is 0 Å². The molecule has 0 unspecified atom stereocenters. The van der Waals surface area contributed by atoms with Crippen LogP contribution in [0.25, 0.3) is 11.5 Å². The summed E-state index contributed by atoms with van der Waals surface area (Å²) in [7, 11) is 0. The normalized spacial score (nSPS) is 14.6. The summed E-state index contributed by atoms with van der Waals surface area (Å²) >= 11 is 0. The summed E-state index contributed by atoms with van der Waals surface area (Å²) in [5, 5.41) is 0. The molecule has 0 bridgehead atoms. The fraction of sp³-hybridized carbons (Fsp3) is 0.167. The minimum Gasteiger partial charge on any atom is -0.476 e. The van der Waals surface area contributed by atoms with Gasteiger partial charge >= 0.3 is 0 Å². The maximum Gasteiger partial charge on any atom is 0.225 e. The molecule has 0 spiro atoms. The Balaban J connectivity index is 2.00. The molecule has 4 nitrogen and oxygen atoms in total. The van der Waals surface area contributed by atoms with Gasteiger partial charge in [0.05, 0.1) is 12.7 Å². The van der Waals surface area contributed by atoms with Crippen LogP contribution in [0.3, 0.4) is 0 Å². The van der Waals surface area contributed by atoms with E-state index in [-0.39, 0.29) is 0 Å². The summed E-state index contributed by atoms with van der Waals surface area (Å²) in [6, 6.07) is 7.83. The van der Waals surface area contributed by atoms with Crippen LogP contribution < -0.4 is 0 Å². The molecule has 0 saturated heterocycles. The van der Waals surface area contributed by atoms with Gasteiger partial charge in [0.1, 0.15) is 12.9 Å². The Labute approximate surface area is 92.6 Å². The SMILES string of the molecule is c1cc(C2=NCCO2)cc(-c2ncco2)c1. The summed E-state index contributed by atoms with van der Waals surface area (Å²) in [4.78, 5) is 8.38. The van der Waals surface area contributed by atoms with E-state index in [9.17, 15) is 0 Å². The fourth-order valence-corrected chi connectivity index (χ4v) is 1.66. The lowest BCUT2D eigenvalue weighted by Crippen LogP contribution is -2.00. The number of benzene rings is 1. The molecule has 0 fully saturated rings. The van der Waals surface area contributed by atoms with Crippen molar-refractivity contribution in [1.82, 2.24) is 4.98 Å². The predicted octanol–water partition coefficient (Wildman–Crippen LogP) is 2.12. The van der Waals surface area contributed by atoms with Gasteiger partial charge in [-0.3, -0.25) is 0 Å². The van der Waals surface area contributed by atoms with Gasteiger partial charge in [-0.05, 0) is 18.2 Å². The molecule has 3 rings (SSSR count). The van der Waals surface area contributed by atoms with Gasteiger partial charge in [-0.15, -0.1) is 0 Å². The Morgan fingerprint density at radius 2 is 2.12 bits per heavy atom. The average molecular weight is 214 g/mol. The molecule has 0 amide bonds. The zero-order valence-corrected chi connectivity index (χ0v) is 8.59. The van der Waals surface area contributed by atoms with Crippen molar-refractivity contribution in [3.05, 3.63) is 42.3 Å². The lowest BCUT2D eigenvalue weighted by Gasteiger charge is -2.02. The summed E-state index contributed by atoms with van der Waals surface area (Å²) in [6.07, 6.45) is 3.19. The monoisotopic (exact) mass is 214 g/mol. The van der Waals surface area contributed by atoms with Crippen molar-refractivity contribution < 1.29 is 9.15 Å². The minimum atomic E-state index is 0.612. The molecule has 4 heteroatoms. The van der Waals surface area contributed by atoms with Gasteiger partial charge < -0.3 is 9.15 Å². The molecule has 0 aliphatic carbocycles. The molecule has 0 saturated carbocycles. The van der Waals surface area contributed by atoms with E-state index >= 15 is 0 Å². The first-order valence-electron chi connectivity index (χ1n) is 5.11. The molecule has 0 radical (unpaired) electrons. The van der Waals surface area contributed by atoms with Crippen LogP contribution in [0.4, 0.5) is 0 Å². The number of aliphatic imine (C=N–C) groups is 1. The Hall–Kier alpha value is -2.10. The van der Waals surface area contributed by atoms with Gasteiger partial charge in [0.25, 0.3) is 0 Å². The first kappa shape index (κ1) is 9.15. The Kier molecular flexibility index (Phi) is 2.18. The molecule has 80 valence electrons. The van der Waals surface area contributed by atoms with E-state index in [2.05, 4.69) is 9.98 Å². The maximum absolute atomic E-state index is 5.41. The van der Waals surface area contributed by atoms with Gasteiger partial charge in [-0.25, -0.2) is 9.98 Å². The van der Waals surface area contributed by atoms with E-state index < -0.39 is 0 Å². The third kappa shape index (κ3) is 1.58. The predicted molar refractivity (Wildman–Crippen MR) is 59.3 cm³/mol. The second kappa shape index (κ2) is 3.81. The third-order valence-electron chi connectivity index (χ3n) is 2.37. The zero-order chi connectivity index (χ0) is 10.8. The summed E-state index contributed by atoms with van der Waals surface area (Å²) in [6.45, 7) is 1.40. The number of aromatic nitrogens is 1. The topological polar surface area (TPSA) is 47.6 Å². The van der Waals surface area contributed by atoms with Crippen molar-refractivity contribution in [2.45, 2.75) is 0 Å². The molecule has 1 aliphatic heterocycles. The summed E-state index contributed by atoms with van der Waals surface area (Å²) < 4.78 is 10.7. The van der Waals surface area contributed by atoms with Crippen LogP contribution in [0.1, 0.15) is 5.56 Å². The van der Waals surface area contributed by atoms with E-state index in [1.54, 1.807) is 12.5 Å². The molecule has 16 heavy (non-hydrogen) atoms. The van der Waals surface area contributed by atoms with Crippen LogP contribution in [-0.4, -0.2) is 24.0 Å². The van der Waals surface area contributed by atoms with Gasteiger partial charge in [0, 0.05) is 11.1 Å². The molecule has 1 aromatic carbocycles. The second-order valence-electron chi connectivity index (χ2n) is 3.45. The van der Waals surface area contributed by atoms with Crippen molar-refractivity contribution in [3.63, 3.8) is 0 Å². The molecular formula is C12H10N2O2.